The van der Waals surface area contributed by atoms with Gasteiger partial charge in [-0.15, -0.1) is 0 Å². The molecule has 10 nitrogen and oxygen atoms in total. The molecule has 0 unspecified atom stereocenters. The van der Waals surface area contributed by atoms with E-state index in [4.69, 9.17) is 19.8 Å². The monoisotopic (exact) mass is 456 g/mol. The van der Waals surface area contributed by atoms with E-state index in [0.717, 1.165) is 44.0 Å². The molecule has 1 aliphatic heterocycles. The summed E-state index contributed by atoms with van der Waals surface area (Å²) in [5.41, 5.74) is 4.63. The van der Waals surface area contributed by atoms with Crippen LogP contribution in [0, 0.1) is 12.3 Å². The van der Waals surface area contributed by atoms with E-state index in [1.165, 1.54) is 7.11 Å². The third-order valence-corrected chi connectivity index (χ3v) is 5.39. The fourth-order valence-corrected chi connectivity index (χ4v) is 3.68. The van der Waals surface area contributed by atoms with Crippen LogP contribution in [0.25, 0.3) is 0 Å². The number of benzene rings is 1. The van der Waals surface area contributed by atoms with Gasteiger partial charge in [0.05, 0.1) is 7.11 Å². The van der Waals surface area contributed by atoms with Crippen molar-refractivity contribution in [3.05, 3.63) is 29.3 Å². The molecule has 2 heterocycles. The second-order valence-electron chi connectivity index (χ2n) is 9.76. The zero-order valence-corrected chi connectivity index (χ0v) is 20.8. The summed E-state index contributed by atoms with van der Waals surface area (Å²) < 4.78 is 0. The van der Waals surface area contributed by atoms with Crippen LogP contribution < -0.4 is 20.6 Å². The van der Waals surface area contributed by atoms with E-state index in [9.17, 15) is 4.79 Å². The lowest BCUT2D eigenvalue weighted by molar-refractivity contribution is 0.0537. The number of hydrogen-bond donors (Lipinski definition) is 2. The minimum absolute atomic E-state index is 0.0859. The fraction of sp³-hybridized carbons (Fsp3) is 0.565. The largest absolute Gasteiger partial charge is 0.343 e. The molecule has 1 aromatic carbocycles. The van der Waals surface area contributed by atoms with Gasteiger partial charge in [0.2, 0.25) is 17.8 Å². The summed E-state index contributed by atoms with van der Waals surface area (Å²) in [6, 6.07) is 5.39. The second kappa shape index (κ2) is 10.3. The first-order valence-electron chi connectivity index (χ1n) is 11.2. The van der Waals surface area contributed by atoms with Gasteiger partial charge in [-0.3, -0.25) is 9.63 Å². The highest BCUT2D eigenvalue weighted by molar-refractivity contribution is 5.94. The Labute approximate surface area is 196 Å². The molecule has 1 aromatic heterocycles. The first-order chi connectivity index (χ1) is 15.6. The van der Waals surface area contributed by atoms with E-state index < -0.39 is 0 Å². The zero-order valence-electron chi connectivity index (χ0n) is 20.8. The molecule has 0 bridgehead atoms. The Morgan fingerprint density at radius 2 is 1.85 bits per heavy atom. The topological polar surface area (TPSA) is 98.7 Å². The van der Waals surface area contributed by atoms with Crippen molar-refractivity contribution in [2.75, 3.05) is 69.0 Å². The van der Waals surface area contributed by atoms with Gasteiger partial charge in [0, 0.05) is 51.0 Å². The van der Waals surface area contributed by atoms with Crippen molar-refractivity contribution in [2.45, 2.75) is 27.7 Å². The molecule has 2 N–H and O–H groups in total. The van der Waals surface area contributed by atoms with Crippen molar-refractivity contribution in [1.82, 2.24) is 25.3 Å². The van der Waals surface area contributed by atoms with E-state index in [0.29, 0.717) is 23.4 Å². The Bertz CT molecular complexity index is 967. The molecule has 1 aliphatic rings. The molecule has 2 aromatic rings. The molecule has 10 heteroatoms. The first kappa shape index (κ1) is 24.7. The van der Waals surface area contributed by atoms with Crippen molar-refractivity contribution in [1.29, 1.82) is 0 Å². The molecule has 0 spiro atoms. The summed E-state index contributed by atoms with van der Waals surface area (Å²) in [7, 11) is 5.53. The van der Waals surface area contributed by atoms with Crippen LogP contribution in [0.1, 0.15) is 36.7 Å². The number of amides is 1. The van der Waals surface area contributed by atoms with Crippen LogP contribution in [0.3, 0.4) is 0 Å². The van der Waals surface area contributed by atoms with E-state index in [-0.39, 0.29) is 11.3 Å². The second-order valence-corrected chi connectivity index (χ2v) is 9.76. The summed E-state index contributed by atoms with van der Waals surface area (Å²) in [5.74, 6) is 1.39. The van der Waals surface area contributed by atoms with Crippen LogP contribution in [-0.2, 0) is 4.84 Å². The van der Waals surface area contributed by atoms with Crippen LogP contribution in [0.2, 0.25) is 0 Å². The van der Waals surface area contributed by atoms with E-state index in [1.54, 1.807) is 12.1 Å². The summed E-state index contributed by atoms with van der Waals surface area (Å²) in [4.78, 5) is 37.7. The fourth-order valence-electron chi connectivity index (χ4n) is 3.68. The molecule has 0 saturated carbocycles. The normalized spacial score (nSPS) is 14.8. The van der Waals surface area contributed by atoms with Gasteiger partial charge in [0.25, 0.3) is 5.91 Å². The van der Waals surface area contributed by atoms with Crippen molar-refractivity contribution in [3.63, 3.8) is 0 Å². The number of aromatic nitrogens is 3. The van der Waals surface area contributed by atoms with Crippen LogP contribution in [0.4, 0.5) is 23.5 Å². The molecule has 1 saturated heterocycles. The van der Waals surface area contributed by atoms with Gasteiger partial charge >= 0.3 is 0 Å². The van der Waals surface area contributed by atoms with Gasteiger partial charge < -0.3 is 20.0 Å². The van der Waals surface area contributed by atoms with Crippen molar-refractivity contribution in [2.24, 2.45) is 5.41 Å². The van der Waals surface area contributed by atoms with Gasteiger partial charge in [-0.1, -0.05) is 26.8 Å². The minimum Gasteiger partial charge on any atom is -0.343 e. The highest BCUT2D eigenvalue weighted by atomic mass is 16.6. The molecule has 0 aliphatic carbocycles. The Morgan fingerprint density at radius 3 is 2.48 bits per heavy atom. The maximum Gasteiger partial charge on any atom is 0.274 e. The Balaban J connectivity index is 1.95. The van der Waals surface area contributed by atoms with Crippen molar-refractivity contribution < 1.29 is 9.63 Å². The SMILES string of the molecule is CONC(=O)c1ccc(C)c(Nc2nc(N(C)CC(C)(C)C)nc(N3CCN(C)CC3)n2)c1. The Kier molecular flexibility index (Phi) is 7.70. The van der Waals surface area contributed by atoms with E-state index in [1.807, 2.05) is 20.0 Å². The molecular formula is C23H36N8O2. The highest BCUT2D eigenvalue weighted by Crippen LogP contribution is 2.25. The molecule has 3 rings (SSSR count). The Hall–Kier alpha value is -2.98. The Morgan fingerprint density at radius 1 is 1.15 bits per heavy atom. The third kappa shape index (κ3) is 6.75. The van der Waals surface area contributed by atoms with E-state index in [2.05, 4.69) is 53.3 Å². The number of hydrogen-bond acceptors (Lipinski definition) is 9. The van der Waals surface area contributed by atoms with Gasteiger partial charge in [-0.05, 0) is 37.1 Å². The number of carbonyl (C=O) groups is 1. The van der Waals surface area contributed by atoms with Crippen LogP contribution in [0.5, 0.6) is 0 Å². The van der Waals surface area contributed by atoms with E-state index >= 15 is 0 Å². The molecule has 180 valence electrons. The van der Waals surface area contributed by atoms with Crippen LogP contribution in [0.15, 0.2) is 18.2 Å². The molecule has 1 fully saturated rings. The molecular weight excluding hydrogens is 420 g/mol. The van der Waals surface area contributed by atoms with Crippen LogP contribution >= 0.6 is 0 Å². The maximum absolute atomic E-state index is 12.2. The number of carbonyl (C=O) groups excluding carboxylic acids is 1. The van der Waals surface area contributed by atoms with Crippen LogP contribution in [-0.4, -0.2) is 79.7 Å². The quantitative estimate of drug-likeness (QED) is 0.609. The van der Waals surface area contributed by atoms with Crippen molar-refractivity contribution >= 4 is 29.4 Å². The number of hydroxylamine groups is 1. The summed E-state index contributed by atoms with van der Waals surface area (Å²) in [5, 5.41) is 3.31. The summed E-state index contributed by atoms with van der Waals surface area (Å²) in [6.07, 6.45) is 0. The van der Waals surface area contributed by atoms with Gasteiger partial charge in [0.1, 0.15) is 0 Å². The predicted octanol–water partition coefficient (Wildman–Crippen LogP) is 2.45. The number of nitrogens with one attached hydrogen (secondary N) is 2. The van der Waals surface area contributed by atoms with Crippen molar-refractivity contribution in [3.8, 4) is 0 Å². The molecule has 1 amide bonds. The predicted molar refractivity (Wildman–Crippen MR) is 131 cm³/mol. The number of piperazine rings is 1. The van der Waals surface area contributed by atoms with Gasteiger partial charge in [-0.25, -0.2) is 5.48 Å². The molecule has 0 radical (unpaired) electrons. The number of aryl methyl sites for hydroxylation is 1. The highest BCUT2D eigenvalue weighted by Gasteiger charge is 2.22. The number of anilines is 4. The average molecular weight is 457 g/mol. The number of nitrogens with zero attached hydrogens (tertiary/aromatic N) is 6. The summed E-state index contributed by atoms with van der Waals surface area (Å²) >= 11 is 0. The number of rotatable bonds is 7. The first-order valence-corrected chi connectivity index (χ1v) is 11.2. The molecule has 33 heavy (non-hydrogen) atoms. The smallest absolute Gasteiger partial charge is 0.274 e. The third-order valence-electron chi connectivity index (χ3n) is 5.39. The minimum atomic E-state index is -0.320. The van der Waals surface area contributed by atoms with Gasteiger partial charge in [-0.2, -0.15) is 15.0 Å². The number of likely N-dealkylation sites (N-methyl/N-ethyl adjacent to an activating group) is 1. The van der Waals surface area contributed by atoms with Gasteiger partial charge in [0.15, 0.2) is 0 Å². The zero-order chi connectivity index (χ0) is 24.2. The standard InChI is InChI=1S/C23H36N8O2/c1-16-8-9-17(19(32)28-33-7)14-18(16)24-20-25-21(30(6)15-23(2,3)4)27-22(26-20)31-12-10-29(5)11-13-31/h8-9,14H,10-13,15H2,1-7H3,(H,28,32)(H,24,25,26,27). The molecule has 0 atom stereocenters. The lowest BCUT2D eigenvalue weighted by atomic mass is 9.96. The maximum atomic E-state index is 12.2. The summed E-state index contributed by atoms with van der Waals surface area (Å²) in [6.45, 7) is 12.9. The lowest BCUT2D eigenvalue weighted by Crippen LogP contribution is -2.45. The average Bonchev–Trinajstić information content (AvgIpc) is 2.74. The lowest BCUT2D eigenvalue weighted by Gasteiger charge is -2.33.